The van der Waals surface area contributed by atoms with Crippen molar-refractivity contribution < 1.29 is 28.2 Å². The average Bonchev–Trinajstić information content (AvgIpc) is 3.46. The topological polar surface area (TPSA) is 103 Å². The van der Waals surface area contributed by atoms with Gasteiger partial charge in [0.15, 0.2) is 11.8 Å². The van der Waals surface area contributed by atoms with Crippen molar-refractivity contribution in [3.63, 3.8) is 0 Å². The largest absolute Gasteiger partial charge is 0.459 e. The summed E-state index contributed by atoms with van der Waals surface area (Å²) in [5.74, 6) is -1.46. The van der Waals surface area contributed by atoms with Gasteiger partial charge in [0.25, 0.3) is 0 Å². The van der Waals surface area contributed by atoms with Gasteiger partial charge in [-0.2, -0.15) is 10.4 Å². The van der Waals surface area contributed by atoms with Crippen molar-refractivity contribution in [3.8, 4) is 6.07 Å². The van der Waals surface area contributed by atoms with Crippen molar-refractivity contribution in [2.45, 2.75) is 37.3 Å². The molecule has 4 aromatic rings. The van der Waals surface area contributed by atoms with Crippen molar-refractivity contribution in [2.75, 3.05) is 6.61 Å². The van der Waals surface area contributed by atoms with Crippen molar-refractivity contribution >= 4 is 17.5 Å². The van der Waals surface area contributed by atoms with Gasteiger partial charge in [0, 0.05) is 6.20 Å². The van der Waals surface area contributed by atoms with Gasteiger partial charge < -0.3 is 14.2 Å². The van der Waals surface area contributed by atoms with Crippen LogP contribution < -0.4 is 0 Å². The van der Waals surface area contributed by atoms with Gasteiger partial charge in [-0.1, -0.05) is 36.4 Å². The fraction of sp³-hybridized carbons (Fsp3) is 0.241. The predicted molar refractivity (Wildman–Crippen MR) is 134 cm³/mol. The molecule has 0 spiro atoms. The first-order chi connectivity index (χ1) is 18.3. The summed E-state index contributed by atoms with van der Waals surface area (Å²) in [6, 6.07) is 23.4. The Labute approximate surface area is 218 Å². The molecule has 0 N–H and O–H groups in total. The van der Waals surface area contributed by atoms with Gasteiger partial charge in [-0.15, -0.1) is 0 Å². The van der Waals surface area contributed by atoms with Gasteiger partial charge in [0.1, 0.15) is 18.8 Å². The lowest BCUT2D eigenvalue weighted by atomic mass is 9.81. The molecule has 0 aliphatic carbocycles. The molecule has 0 radical (unpaired) electrons. The third-order valence-electron chi connectivity index (χ3n) is 6.80. The van der Waals surface area contributed by atoms with Crippen LogP contribution >= 0.6 is 0 Å². The number of carbonyl (C=O) groups is 2. The summed E-state index contributed by atoms with van der Waals surface area (Å²) in [5, 5.41) is 14.7. The zero-order valence-electron chi connectivity index (χ0n) is 20.7. The molecular formula is C29H24FN3O5. The number of nitriles is 1. The Morgan fingerprint density at radius 2 is 1.66 bits per heavy atom. The number of hydrogen-bond acceptors (Lipinski definition) is 7. The molecule has 1 aliphatic heterocycles. The van der Waals surface area contributed by atoms with E-state index in [9.17, 15) is 14.9 Å². The van der Waals surface area contributed by atoms with Gasteiger partial charge in [-0.05, 0) is 61.9 Å². The minimum absolute atomic E-state index is 0.126. The number of benzene rings is 2. The number of fused-ring (bicyclic) bond motifs is 1. The molecule has 3 heterocycles. The molecule has 0 saturated carbocycles. The second kappa shape index (κ2) is 9.72. The highest BCUT2D eigenvalue weighted by molar-refractivity contribution is 5.90. The molecule has 1 aliphatic rings. The summed E-state index contributed by atoms with van der Waals surface area (Å²) < 4.78 is 35.6. The monoisotopic (exact) mass is 513 g/mol. The van der Waals surface area contributed by atoms with Crippen molar-refractivity contribution in [1.82, 2.24) is 9.61 Å². The van der Waals surface area contributed by atoms with Crippen LogP contribution in [-0.4, -0.2) is 46.0 Å². The van der Waals surface area contributed by atoms with E-state index in [1.807, 2.05) is 13.0 Å². The van der Waals surface area contributed by atoms with Crippen LogP contribution in [-0.2, 0) is 19.8 Å². The molecule has 1 unspecified atom stereocenters. The Morgan fingerprint density at radius 1 is 1.03 bits per heavy atom. The molecule has 0 amide bonds. The predicted octanol–water partition coefficient (Wildman–Crippen LogP) is 4.57. The van der Waals surface area contributed by atoms with Crippen LogP contribution in [0.2, 0.25) is 0 Å². The van der Waals surface area contributed by atoms with Crippen molar-refractivity contribution in [2.24, 2.45) is 0 Å². The van der Waals surface area contributed by atoms with Crippen LogP contribution in [0.4, 0.5) is 4.39 Å². The Morgan fingerprint density at radius 3 is 2.29 bits per heavy atom. The molecule has 5 rings (SSSR count). The molecule has 1 saturated heterocycles. The van der Waals surface area contributed by atoms with E-state index in [0.29, 0.717) is 5.52 Å². The second-order valence-electron chi connectivity index (χ2n) is 9.21. The highest BCUT2D eigenvalue weighted by Gasteiger charge is 2.69. The van der Waals surface area contributed by atoms with Crippen molar-refractivity contribution in [1.29, 1.82) is 5.26 Å². The molecule has 0 bridgehead atoms. The summed E-state index contributed by atoms with van der Waals surface area (Å²) >= 11 is 0. The molecule has 9 heteroatoms. The first-order valence-electron chi connectivity index (χ1n) is 12.0. The van der Waals surface area contributed by atoms with Crippen LogP contribution in [0.3, 0.4) is 0 Å². The lowest BCUT2D eigenvalue weighted by Gasteiger charge is -2.32. The molecular weight excluding hydrogens is 489 g/mol. The van der Waals surface area contributed by atoms with Crippen molar-refractivity contribution in [3.05, 3.63) is 107 Å². The Balaban J connectivity index is 1.53. The van der Waals surface area contributed by atoms with E-state index >= 15 is 4.39 Å². The summed E-state index contributed by atoms with van der Waals surface area (Å²) in [7, 11) is 0. The highest BCUT2D eigenvalue weighted by Crippen LogP contribution is 2.51. The Bertz CT molecular complexity index is 1530. The quantitative estimate of drug-likeness (QED) is 0.348. The van der Waals surface area contributed by atoms with E-state index in [2.05, 4.69) is 5.10 Å². The van der Waals surface area contributed by atoms with Crippen LogP contribution in [0.1, 0.15) is 38.9 Å². The zero-order chi connectivity index (χ0) is 26.9. The number of aromatic nitrogens is 2. The number of carbonyl (C=O) groups excluding carboxylic acids is 2. The number of esters is 2. The van der Waals surface area contributed by atoms with Crippen LogP contribution in [0.25, 0.3) is 5.52 Å². The molecule has 2 aromatic heterocycles. The first kappa shape index (κ1) is 25.1. The summed E-state index contributed by atoms with van der Waals surface area (Å²) in [4.78, 5) is 25.6. The maximum atomic E-state index is 17.0. The van der Waals surface area contributed by atoms with Gasteiger partial charge in [-0.3, -0.25) is 0 Å². The Kier molecular flexibility index (Phi) is 6.43. The molecule has 8 nitrogen and oxygen atoms in total. The van der Waals surface area contributed by atoms with E-state index in [1.165, 1.54) is 22.8 Å². The number of ether oxygens (including phenoxy) is 3. The Hall–Kier alpha value is -4.55. The molecule has 2 aromatic carbocycles. The van der Waals surface area contributed by atoms with E-state index in [0.717, 1.165) is 12.5 Å². The molecule has 192 valence electrons. The lowest BCUT2D eigenvalue weighted by Crippen LogP contribution is -2.50. The van der Waals surface area contributed by atoms with Gasteiger partial charge in [-0.25, -0.2) is 18.5 Å². The average molecular weight is 514 g/mol. The fourth-order valence-electron chi connectivity index (χ4n) is 4.75. The van der Waals surface area contributed by atoms with Gasteiger partial charge >= 0.3 is 11.9 Å². The number of nitrogens with zero attached hydrogens (tertiary/aromatic N) is 3. The zero-order valence-corrected chi connectivity index (χ0v) is 20.7. The minimum atomic E-state index is -2.56. The van der Waals surface area contributed by atoms with Gasteiger partial charge in [0.2, 0.25) is 5.60 Å². The fourth-order valence-corrected chi connectivity index (χ4v) is 4.75. The SMILES string of the molecule is Cc1ccnn2c(C3(C#N)O[C@H](COC(=O)c4ccccc4)[C@@H](OC(=O)c4ccccc4)[C@@]3(C)F)ccc12. The lowest BCUT2D eigenvalue weighted by molar-refractivity contribution is -0.0746. The maximum Gasteiger partial charge on any atom is 0.338 e. The van der Waals surface area contributed by atoms with Crippen LogP contribution in [0.15, 0.2) is 85.1 Å². The summed E-state index contributed by atoms with van der Waals surface area (Å²) in [5.41, 5.74) is -2.66. The number of halogens is 1. The van der Waals surface area contributed by atoms with E-state index < -0.39 is 42.0 Å². The smallest absolute Gasteiger partial charge is 0.338 e. The normalized spacial score (nSPS) is 24.6. The third-order valence-corrected chi connectivity index (χ3v) is 6.80. The van der Waals surface area contributed by atoms with E-state index in [1.54, 1.807) is 66.7 Å². The summed E-state index contributed by atoms with van der Waals surface area (Å²) in [6.45, 7) is 2.55. The highest BCUT2D eigenvalue weighted by atomic mass is 19.1. The number of rotatable bonds is 6. The number of aryl methyl sites for hydroxylation is 1. The van der Waals surface area contributed by atoms with E-state index in [-0.39, 0.29) is 16.8 Å². The molecule has 1 fully saturated rings. The number of hydrogen-bond donors (Lipinski definition) is 0. The molecule has 4 atom stereocenters. The minimum Gasteiger partial charge on any atom is -0.459 e. The van der Waals surface area contributed by atoms with E-state index in [4.69, 9.17) is 14.2 Å². The first-order valence-corrected chi connectivity index (χ1v) is 12.0. The maximum absolute atomic E-state index is 17.0. The van der Waals surface area contributed by atoms with Crippen LogP contribution in [0, 0.1) is 18.3 Å². The molecule has 38 heavy (non-hydrogen) atoms. The second-order valence-corrected chi connectivity index (χ2v) is 9.21. The third kappa shape index (κ3) is 4.09. The standard InChI is InChI=1S/C29H24FN3O5/c1-19-15-16-32-33-22(19)13-14-24(33)29(18-31)28(2,30)25(37-27(35)21-11-7-4-8-12-21)23(38-29)17-36-26(34)20-9-5-3-6-10-20/h3-16,23,25H,17H2,1-2H3/t23-,25-,28-,29?/m1/s1. The summed E-state index contributed by atoms with van der Waals surface area (Å²) in [6.07, 6.45) is -1.35. The number of alkyl halides is 1. The van der Waals surface area contributed by atoms with Gasteiger partial charge in [0.05, 0.1) is 22.3 Å². The van der Waals surface area contributed by atoms with Crippen LogP contribution in [0.5, 0.6) is 0 Å².